The van der Waals surface area contributed by atoms with Crippen molar-refractivity contribution in [3.8, 4) is 33.6 Å². The van der Waals surface area contributed by atoms with Crippen molar-refractivity contribution < 1.29 is 4.42 Å². The summed E-state index contributed by atoms with van der Waals surface area (Å²) < 4.78 is 13.3. The number of benzene rings is 8. The van der Waals surface area contributed by atoms with Crippen molar-refractivity contribution in [1.29, 1.82) is 0 Å². The average molecular weight is 691 g/mol. The lowest BCUT2D eigenvalue weighted by Gasteiger charge is -2.10. The zero-order valence-corrected chi connectivity index (χ0v) is 29.0. The highest BCUT2D eigenvalue weighted by Crippen LogP contribution is 2.39. The summed E-state index contributed by atoms with van der Waals surface area (Å²) in [6, 6.07) is 64.8. The van der Waals surface area contributed by atoms with Gasteiger partial charge in [-0.2, -0.15) is 0 Å². The molecule has 0 amide bonds. The minimum atomic E-state index is 0.911. The number of nitrogens with zero attached hydrogens (tertiary/aromatic N) is 4. The Balaban J connectivity index is 0.988. The zero-order chi connectivity index (χ0) is 35.3. The van der Waals surface area contributed by atoms with Gasteiger partial charge in [0.1, 0.15) is 11.2 Å². The van der Waals surface area contributed by atoms with Gasteiger partial charge in [0.15, 0.2) is 0 Å². The number of imidazole rings is 2. The van der Waals surface area contributed by atoms with E-state index >= 15 is 0 Å². The Morgan fingerprint density at radius 1 is 0.389 bits per heavy atom. The van der Waals surface area contributed by atoms with Crippen molar-refractivity contribution in [1.82, 2.24) is 18.5 Å². The molecule has 0 saturated heterocycles. The first kappa shape index (κ1) is 29.2. The van der Waals surface area contributed by atoms with Crippen LogP contribution in [0.15, 0.2) is 186 Å². The molecule has 5 heteroatoms. The van der Waals surface area contributed by atoms with Crippen LogP contribution in [0, 0.1) is 0 Å². The molecule has 4 heterocycles. The van der Waals surface area contributed by atoms with Gasteiger partial charge in [-0.3, -0.25) is 8.97 Å². The second-order valence-corrected chi connectivity index (χ2v) is 14.0. The summed E-state index contributed by atoms with van der Waals surface area (Å²) in [5.74, 6) is 0.911. The normalized spacial score (nSPS) is 12.1. The highest BCUT2D eigenvalue weighted by Gasteiger charge is 2.19. The van der Waals surface area contributed by atoms with Crippen LogP contribution < -0.4 is 0 Å². The van der Waals surface area contributed by atoms with E-state index in [4.69, 9.17) is 9.40 Å². The molecular formula is C49H30N4O. The summed E-state index contributed by atoms with van der Waals surface area (Å²) in [6.07, 6.45) is 0. The van der Waals surface area contributed by atoms with E-state index in [1.165, 1.54) is 27.4 Å². The van der Waals surface area contributed by atoms with E-state index in [0.717, 1.165) is 77.8 Å². The zero-order valence-electron chi connectivity index (χ0n) is 29.0. The van der Waals surface area contributed by atoms with Gasteiger partial charge >= 0.3 is 0 Å². The maximum Gasteiger partial charge on any atom is 0.220 e. The van der Waals surface area contributed by atoms with Crippen molar-refractivity contribution in [2.24, 2.45) is 0 Å². The van der Waals surface area contributed by atoms with Gasteiger partial charge in [-0.1, -0.05) is 109 Å². The molecule has 0 aliphatic heterocycles. The first-order valence-corrected chi connectivity index (χ1v) is 18.3. The quantitative estimate of drug-likeness (QED) is 0.184. The summed E-state index contributed by atoms with van der Waals surface area (Å²) in [7, 11) is 0. The Morgan fingerprint density at radius 3 is 1.91 bits per heavy atom. The van der Waals surface area contributed by atoms with Crippen LogP contribution in [-0.2, 0) is 0 Å². The topological polar surface area (TPSA) is 40.3 Å². The lowest BCUT2D eigenvalue weighted by atomic mass is 10.0. The standard InChI is InChI=1S/C49H30N4O/c1-2-11-34(12-3-1)52-44-18-7-8-19-45(44)53-46-30-33(23-27-41(46)50-49(52)53)32-24-28-43-40(29-32)37-13-4-6-17-42(37)51(43)35-25-21-31(22-26-35)36-15-10-16-39-38-14-5-9-20-47(38)54-48(36)39/h1-30H. The first-order chi connectivity index (χ1) is 26.8. The van der Waals surface area contributed by atoms with Gasteiger partial charge in [-0.05, 0) is 89.5 Å². The van der Waals surface area contributed by atoms with Crippen LogP contribution in [0.25, 0.3) is 105 Å². The Morgan fingerprint density at radius 2 is 1.04 bits per heavy atom. The van der Waals surface area contributed by atoms with E-state index in [9.17, 15) is 0 Å². The molecule has 0 radical (unpaired) electrons. The Bertz CT molecular complexity index is 3430. The van der Waals surface area contributed by atoms with Gasteiger partial charge in [0, 0.05) is 38.5 Å². The average Bonchev–Trinajstić information content (AvgIpc) is 3.98. The van der Waals surface area contributed by atoms with Crippen molar-refractivity contribution in [2.75, 3.05) is 0 Å². The third-order valence-electron chi connectivity index (χ3n) is 11.1. The van der Waals surface area contributed by atoms with Crippen LogP contribution >= 0.6 is 0 Å². The van der Waals surface area contributed by atoms with Crippen LogP contribution in [-0.4, -0.2) is 18.5 Å². The molecule has 4 aromatic heterocycles. The van der Waals surface area contributed by atoms with E-state index in [-0.39, 0.29) is 0 Å². The molecule has 5 nitrogen and oxygen atoms in total. The van der Waals surface area contributed by atoms with Crippen molar-refractivity contribution >= 4 is 71.6 Å². The molecule has 8 aromatic carbocycles. The van der Waals surface area contributed by atoms with Gasteiger partial charge in [0.25, 0.3) is 0 Å². The summed E-state index contributed by atoms with van der Waals surface area (Å²) in [5, 5.41) is 4.73. The van der Waals surface area contributed by atoms with E-state index in [1.807, 2.05) is 12.1 Å². The molecule has 0 atom stereocenters. The second kappa shape index (κ2) is 11.1. The monoisotopic (exact) mass is 690 g/mol. The second-order valence-electron chi connectivity index (χ2n) is 14.0. The number of hydrogen-bond donors (Lipinski definition) is 0. The third kappa shape index (κ3) is 4.12. The lowest BCUT2D eigenvalue weighted by Crippen LogP contribution is -1.94. The molecule has 0 saturated carbocycles. The molecule has 252 valence electrons. The van der Waals surface area contributed by atoms with Gasteiger partial charge in [0.05, 0.1) is 33.1 Å². The fourth-order valence-electron chi connectivity index (χ4n) is 8.61. The summed E-state index contributed by atoms with van der Waals surface area (Å²) in [6.45, 7) is 0. The van der Waals surface area contributed by atoms with Gasteiger partial charge in [-0.25, -0.2) is 4.98 Å². The highest BCUT2D eigenvalue weighted by molar-refractivity contribution is 6.11. The van der Waals surface area contributed by atoms with Crippen molar-refractivity contribution in [2.45, 2.75) is 0 Å². The minimum Gasteiger partial charge on any atom is -0.455 e. The van der Waals surface area contributed by atoms with E-state index in [1.54, 1.807) is 0 Å². The van der Waals surface area contributed by atoms with Gasteiger partial charge < -0.3 is 8.98 Å². The Hall–Kier alpha value is -7.37. The summed E-state index contributed by atoms with van der Waals surface area (Å²) >= 11 is 0. The molecule has 0 bridgehead atoms. The predicted octanol–water partition coefficient (Wildman–Crippen LogP) is 12.8. The molecular weight excluding hydrogens is 661 g/mol. The number of furan rings is 1. The molecule has 12 rings (SSSR count). The third-order valence-corrected chi connectivity index (χ3v) is 11.1. The Labute approximate surface area is 309 Å². The van der Waals surface area contributed by atoms with Crippen LogP contribution in [0.3, 0.4) is 0 Å². The first-order valence-electron chi connectivity index (χ1n) is 18.3. The van der Waals surface area contributed by atoms with Gasteiger partial charge in [-0.15, -0.1) is 0 Å². The minimum absolute atomic E-state index is 0.911. The number of fused-ring (bicyclic) bond motifs is 11. The fraction of sp³-hybridized carbons (Fsp3) is 0. The molecule has 0 spiro atoms. The molecule has 54 heavy (non-hydrogen) atoms. The number of aromatic nitrogens is 4. The maximum atomic E-state index is 6.37. The Kier molecular flexibility index (Phi) is 5.99. The molecule has 0 aliphatic carbocycles. The molecule has 0 unspecified atom stereocenters. The van der Waals surface area contributed by atoms with Crippen molar-refractivity contribution in [3.05, 3.63) is 182 Å². The van der Waals surface area contributed by atoms with E-state index < -0.39 is 0 Å². The van der Waals surface area contributed by atoms with Crippen LogP contribution in [0.2, 0.25) is 0 Å². The van der Waals surface area contributed by atoms with Crippen molar-refractivity contribution in [3.63, 3.8) is 0 Å². The molecule has 0 N–H and O–H groups in total. The smallest absolute Gasteiger partial charge is 0.220 e. The molecule has 12 aromatic rings. The van der Waals surface area contributed by atoms with E-state index in [2.05, 4.69) is 183 Å². The van der Waals surface area contributed by atoms with Crippen LogP contribution in [0.4, 0.5) is 0 Å². The summed E-state index contributed by atoms with van der Waals surface area (Å²) in [4.78, 5) is 5.16. The SMILES string of the molecule is c1ccc(-n2c3ccccc3n3c4cc(-c5ccc6c(c5)c5ccccc5n6-c5ccc(-c6cccc7c6oc6ccccc67)cc5)ccc4nc23)cc1. The number of para-hydroxylation sites is 6. The summed E-state index contributed by atoms with van der Waals surface area (Å²) in [5.41, 5.74) is 15.3. The maximum absolute atomic E-state index is 6.37. The predicted molar refractivity (Wildman–Crippen MR) is 222 cm³/mol. The molecule has 0 aliphatic rings. The van der Waals surface area contributed by atoms with Crippen LogP contribution in [0.1, 0.15) is 0 Å². The number of rotatable bonds is 4. The molecule has 0 fully saturated rings. The number of hydrogen-bond acceptors (Lipinski definition) is 2. The largest absolute Gasteiger partial charge is 0.455 e. The fourth-order valence-corrected chi connectivity index (χ4v) is 8.61. The highest BCUT2D eigenvalue weighted by atomic mass is 16.3. The van der Waals surface area contributed by atoms with Gasteiger partial charge in [0.2, 0.25) is 5.78 Å². The lowest BCUT2D eigenvalue weighted by molar-refractivity contribution is 0.670. The van der Waals surface area contributed by atoms with E-state index in [0.29, 0.717) is 0 Å². The van der Waals surface area contributed by atoms with Crippen LogP contribution in [0.5, 0.6) is 0 Å².